The Balaban J connectivity index is 3.33. The fourth-order valence-electron chi connectivity index (χ4n) is 0.985. The maximum absolute atomic E-state index is 11.2. The molecule has 0 heterocycles. The molecule has 0 aromatic carbocycles. The largest absolute Gasteiger partial charge is 0.354 e. The summed E-state index contributed by atoms with van der Waals surface area (Å²) in [6.45, 7) is 6.27. The van der Waals surface area contributed by atoms with E-state index in [0.29, 0.717) is 12.5 Å². The van der Waals surface area contributed by atoms with E-state index in [1.165, 1.54) is 6.42 Å². The molecule has 0 spiro atoms. The van der Waals surface area contributed by atoms with Crippen LogP contribution in [0.15, 0.2) is 0 Å². The summed E-state index contributed by atoms with van der Waals surface area (Å²) >= 11 is 0. The smallest absolute Gasteiger partial charge is 0.220 e. The van der Waals surface area contributed by atoms with E-state index in [1.54, 1.807) is 0 Å². The van der Waals surface area contributed by atoms with Crippen LogP contribution in [0.1, 0.15) is 52.9 Å². The van der Waals surface area contributed by atoms with Crippen molar-refractivity contribution in [2.24, 2.45) is 0 Å². The number of rotatable bonds is 6. The third kappa shape index (κ3) is 6.20. The molecule has 0 radical (unpaired) electrons. The maximum atomic E-state index is 11.2. The Morgan fingerprint density at radius 1 is 1.33 bits per heavy atom. The number of hydrogen-bond acceptors (Lipinski definition) is 1. The van der Waals surface area contributed by atoms with Crippen LogP contribution >= 0.6 is 0 Å². The van der Waals surface area contributed by atoms with E-state index >= 15 is 0 Å². The highest BCUT2D eigenvalue weighted by molar-refractivity contribution is 5.76. The molecular weight excluding hydrogens is 150 g/mol. The number of carbonyl (C=O) groups excluding carboxylic acids is 1. The molecule has 0 saturated carbocycles. The number of unbranched alkanes of at least 4 members (excludes halogenated alkanes) is 2. The minimum absolute atomic E-state index is 0.206. The number of nitrogens with one attached hydrogen (secondary N) is 1. The second-order valence-corrected chi connectivity index (χ2v) is 3.33. The van der Waals surface area contributed by atoms with Crippen molar-refractivity contribution >= 4 is 5.91 Å². The van der Waals surface area contributed by atoms with Gasteiger partial charge in [0.05, 0.1) is 0 Å². The lowest BCUT2D eigenvalue weighted by Crippen LogP contribution is -2.31. The Kier molecular flexibility index (Phi) is 6.82. The average Bonchev–Trinajstić information content (AvgIpc) is 2.05. The van der Waals surface area contributed by atoms with Gasteiger partial charge in [-0.2, -0.15) is 0 Å². The Morgan fingerprint density at radius 3 is 2.50 bits per heavy atom. The van der Waals surface area contributed by atoms with Gasteiger partial charge in [0.2, 0.25) is 5.91 Å². The predicted octanol–water partition coefficient (Wildman–Crippen LogP) is 2.48. The van der Waals surface area contributed by atoms with Gasteiger partial charge >= 0.3 is 0 Å². The maximum Gasteiger partial charge on any atom is 0.220 e. The topological polar surface area (TPSA) is 29.1 Å². The molecule has 0 fully saturated rings. The third-order valence-corrected chi connectivity index (χ3v) is 2.03. The Bertz CT molecular complexity index is 123. The number of carbonyl (C=O) groups is 1. The van der Waals surface area contributed by atoms with Crippen molar-refractivity contribution in [1.82, 2.24) is 5.32 Å². The van der Waals surface area contributed by atoms with E-state index in [-0.39, 0.29) is 5.91 Å². The van der Waals surface area contributed by atoms with Crippen LogP contribution in [-0.4, -0.2) is 11.9 Å². The molecule has 1 amide bonds. The quantitative estimate of drug-likeness (QED) is 0.611. The Labute approximate surface area is 75.7 Å². The molecule has 1 atom stereocenters. The SMILES string of the molecule is CCCCCC(=O)N[C@H](C)CC. The minimum Gasteiger partial charge on any atom is -0.354 e. The molecule has 0 unspecified atom stereocenters. The summed E-state index contributed by atoms with van der Waals surface area (Å²) in [6.07, 6.45) is 5.07. The molecule has 0 aromatic heterocycles. The van der Waals surface area contributed by atoms with Gasteiger partial charge in [0, 0.05) is 12.5 Å². The monoisotopic (exact) mass is 171 g/mol. The van der Waals surface area contributed by atoms with Crippen LogP contribution in [0.5, 0.6) is 0 Å². The van der Waals surface area contributed by atoms with Gasteiger partial charge in [-0.05, 0) is 19.8 Å². The van der Waals surface area contributed by atoms with E-state index in [1.807, 2.05) is 6.92 Å². The van der Waals surface area contributed by atoms with Crippen molar-refractivity contribution in [2.45, 2.75) is 58.9 Å². The summed E-state index contributed by atoms with van der Waals surface area (Å²) in [4.78, 5) is 11.2. The summed E-state index contributed by atoms with van der Waals surface area (Å²) in [5, 5.41) is 2.95. The van der Waals surface area contributed by atoms with Gasteiger partial charge in [-0.1, -0.05) is 26.7 Å². The lowest BCUT2D eigenvalue weighted by Gasteiger charge is -2.10. The van der Waals surface area contributed by atoms with Crippen molar-refractivity contribution < 1.29 is 4.79 Å². The summed E-state index contributed by atoms with van der Waals surface area (Å²) in [5.74, 6) is 0.206. The molecule has 0 bridgehead atoms. The minimum atomic E-state index is 0.206. The first-order valence-electron chi connectivity index (χ1n) is 5.00. The van der Waals surface area contributed by atoms with Crippen LogP contribution in [-0.2, 0) is 4.79 Å². The van der Waals surface area contributed by atoms with Crippen molar-refractivity contribution in [2.75, 3.05) is 0 Å². The van der Waals surface area contributed by atoms with Gasteiger partial charge in [0.25, 0.3) is 0 Å². The molecule has 0 aliphatic heterocycles. The molecule has 2 nitrogen and oxygen atoms in total. The average molecular weight is 171 g/mol. The fourth-order valence-corrected chi connectivity index (χ4v) is 0.985. The summed E-state index contributed by atoms with van der Waals surface area (Å²) in [6, 6.07) is 0.333. The highest BCUT2D eigenvalue weighted by atomic mass is 16.1. The second kappa shape index (κ2) is 7.14. The van der Waals surface area contributed by atoms with Crippen LogP contribution < -0.4 is 5.32 Å². The van der Waals surface area contributed by atoms with Crippen LogP contribution in [0.4, 0.5) is 0 Å². The summed E-state index contributed by atoms with van der Waals surface area (Å²) in [7, 11) is 0. The summed E-state index contributed by atoms with van der Waals surface area (Å²) < 4.78 is 0. The molecule has 0 aliphatic rings. The zero-order chi connectivity index (χ0) is 9.40. The second-order valence-electron chi connectivity index (χ2n) is 3.33. The molecule has 72 valence electrons. The van der Waals surface area contributed by atoms with Crippen LogP contribution in [0.3, 0.4) is 0 Å². The van der Waals surface area contributed by atoms with Gasteiger partial charge in [-0.25, -0.2) is 0 Å². The van der Waals surface area contributed by atoms with Gasteiger partial charge in [-0.3, -0.25) is 4.79 Å². The van der Waals surface area contributed by atoms with Gasteiger partial charge < -0.3 is 5.32 Å². The molecule has 0 saturated heterocycles. The van der Waals surface area contributed by atoms with E-state index < -0.39 is 0 Å². The molecular formula is C10H21NO. The summed E-state index contributed by atoms with van der Waals surface area (Å²) in [5.41, 5.74) is 0. The Hall–Kier alpha value is -0.530. The number of amides is 1. The first kappa shape index (κ1) is 11.5. The lowest BCUT2D eigenvalue weighted by molar-refractivity contribution is -0.121. The van der Waals surface area contributed by atoms with Crippen LogP contribution in [0.2, 0.25) is 0 Å². The zero-order valence-electron chi connectivity index (χ0n) is 8.52. The van der Waals surface area contributed by atoms with Crippen LogP contribution in [0, 0.1) is 0 Å². The molecule has 0 aromatic rings. The lowest BCUT2D eigenvalue weighted by atomic mass is 10.2. The van der Waals surface area contributed by atoms with Crippen LogP contribution in [0.25, 0.3) is 0 Å². The van der Waals surface area contributed by atoms with Crippen molar-refractivity contribution in [1.29, 1.82) is 0 Å². The van der Waals surface area contributed by atoms with Gasteiger partial charge in [0.15, 0.2) is 0 Å². The predicted molar refractivity (Wildman–Crippen MR) is 52.0 cm³/mol. The normalized spacial score (nSPS) is 12.6. The van der Waals surface area contributed by atoms with E-state index in [4.69, 9.17) is 0 Å². The van der Waals surface area contributed by atoms with Crippen molar-refractivity contribution in [3.63, 3.8) is 0 Å². The highest BCUT2D eigenvalue weighted by Gasteiger charge is 2.03. The standard InChI is InChI=1S/C10H21NO/c1-4-6-7-8-10(12)11-9(3)5-2/h9H,4-8H2,1-3H3,(H,11,12)/t9-/m1/s1. The molecule has 1 N–H and O–H groups in total. The molecule has 2 heteroatoms. The van der Waals surface area contributed by atoms with Crippen molar-refractivity contribution in [3.05, 3.63) is 0 Å². The third-order valence-electron chi connectivity index (χ3n) is 2.03. The number of hydrogen-bond donors (Lipinski definition) is 1. The highest BCUT2D eigenvalue weighted by Crippen LogP contribution is 1.99. The van der Waals surface area contributed by atoms with Gasteiger partial charge in [-0.15, -0.1) is 0 Å². The first-order valence-corrected chi connectivity index (χ1v) is 5.00. The first-order chi connectivity index (χ1) is 5.70. The molecule has 12 heavy (non-hydrogen) atoms. The van der Waals surface area contributed by atoms with E-state index in [2.05, 4.69) is 19.2 Å². The van der Waals surface area contributed by atoms with Gasteiger partial charge in [0.1, 0.15) is 0 Å². The fraction of sp³-hybridized carbons (Fsp3) is 0.900. The zero-order valence-corrected chi connectivity index (χ0v) is 8.52. The molecule has 0 rings (SSSR count). The van der Waals surface area contributed by atoms with E-state index in [9.17, 15) is 4.79 Å². The van der Waals surface area contributed by atoms with E-state index in [0.717, 1.165) is 19.3 Å². The Morgan fingerprint density at radius 2 is 2.00 bits per heavy atom. The van der Waals surface area contributed by atoms with Crippen molar-refractivity contribution in [3.8, 4) is 0 Å². The molecule has 0 aliphatic carbocycles.